The van der Waals surface area contributed by atoms with Crippen molar-refractivity contribution in [3.8, 4) is 0 Å². The van der Waals surface area contributed by atoms with Gasteiger partial charge in [-0.05, 0) is 42.5 Å². The van der Waals surface area contributed by atoms with Crippen molar-refractivity contribution in [1.82, 2.24) is 10.2 Å². The van der Waals surface area contributed by atoms with Gasteiger partial charge in [0.2, 0.25) is 21.8 Å². The average molecular weight is 508 g/mol. The van der Waals surface area contributed by atoms with Crippen molar-refractivity contribution < 1.29 is 18.0 Å². The first kappa shape index (κ1) is 27.7. The highest BCUT2D eigenvalue weighted by Crippen LogP contribution is 2.28. The zero-order valence-electron chi connectivity index (χ0n) is 20.4. The molecule has 0 aliphatic heterocycles. The van der Waals surface area contributed by atoms with E-state index in [0.717, 1.165) is 16.1 Å². The number of rotatable bonds is 11. The monoisotopic (exact) mass is 507 g/mol. The van der Waals surface area contributed by atoms with Crippen LogP contribution in [0.15, 0.2) is 48.5 Å². The Balaban J connectivity index is 2.44. The van der Waals surface area contributed by atoms with Crippen molar-refractivity contribution in [2.75, 3.05) is 23.7 Å². The smallest absolute Gasteiger partial charge is 0.244 e. The van der Waals surface area contributed by atoms with Crippen LogP contribution in [0.1, 0.15) is 38.3 Å². The molecule has 0 heterocycles. The molecule has 34 heavy (non-hydrogen) atoms. The Hall–Kier alpha value is -2.58. The quantitative estimate of drug-likeness (QED) is 0.498. The van der Waals surface area contributed by atoms with Crippen LogP contribution in [0, 0.1) is 12.8 Å². The Bertz CT molecular complexity index is 1090. The molecule has 7 nitrogen and oxygen atoms in total. The lowest BCUT2D eigenvalue weighted by molar-refractivity contribution is -0.140. The molecule has 0 saturated heterocycles. The molecule has 0 unspecified atom stereocenters. The Morgan fingerprint density at radius 3 is 2.26 bits per heavy atom. The molecule has 1 atom stereocenters. The maximum Gasteiger partial charge on any atom is 0.244 e. The van der Waals surface area contributed by atoms with E-state index in [-0.39, 0.29) is 18.4 Å². The van der Waals surface area contributed by atoms with E-state index in [9.17, 15) is 18.0 Å². The standard InChI is InChI=1S/C25H34ClN3O4S/c1-6-22(25(31)27-15-18(2)3)28(16-20-11-8-7-9-12-20)24(30)17-29(34(5,32)33)23-14-10-13-21(26)19(23)4/h7-14,18,22H,6,15-17H2,1-5H3,(H,27,31)/t22-/m0/s1. The second-order valence-corrected chi connectivity index (χ2v) is 11.0. The molecular weight excluding hydrogens is 474 g/mol. The van der Waals surface area contributed by atoms with Gasteiger partial charge in [0, 0.05) is 18.1 Å². The van der Waals surface area contributed by atoms with Gasteiger partial charge >= 0.3 is 0 Å². The van der Waals surface area contributed by atoms with Crippen LogP contribution in [0.25, 0.3) is 0 Å². The maximum atomic E-state index is 13.6. The molecule has 0 fully saturated rings. The van der Waals surface area contributed by atoms with E-state index in [1.807, 2.05) is 51.1 Å². The number of nitrogens with zero attached hydrogens (tertiary/aromatic N) is 2. The van der Waals surface area contributed by atoms with Crippen LogP contribution < -0.4 is 9.62 Å². The van der Waals surface area contributed by atoms with Gasteiger partial charge in [0.05, 0.1) is 11.9 Å². The minimum atomic E-state index is -3.81. The summed E-state index contributed by atoms with van der Waals surface area (Å²) in [5.74, 6) is -0.475. The Kier molecular flexibility index (Phi) is 9.94. The summed E-state index contributed by atoms with van der Waals surface area (Å²) >= 11 is 6.22. The van der Waals surface area contributed by atoms with Crippen LogP contribution in [0.2, 0.25) is 5.02 Å². The zero-order chi connectivity index (χ0) is 25.5. The number of sulfonamides is 1. The van der Waals surface area contributed by atoms with Crippen LogP contribution in [0.5, 0.6) is 0 Å². The Morgan fingerprint density at radius 2 is 1.71 bits per heavy atom. The molecule has 2 amide bonds. The van der Waals surface area contributed by atoms with Crippen molar-refractivity contribution in [3.05, 3.63) is 64.7 Å². The number of benzene rings is 2. The highest BCUT2D eigenvalue weighted by molar-refractivity contribution is 7.92. The van der Waals surface area contributed by atoms with Gasteiger partial charge in [0.25, 0.3) is 0 Å². The number of nitrogens with one attached hydrogen (secondary N) is 1. The minimum Gasteiger partial charge on any atom is -0.354 e. The summed E-state index contributed by atoms with van der Waals surface area (Å²) in [6.45, 7) is 7.74. The molecule has 0 aliphatic carbocycles. The van der Waals surface area contributed by atoms with Crippen LogP contribution >= 0.6 is 11.6 Å². The predicted molar refractivity (Wildman–Crippen MR) is 137 cm³/mol. The van der Waals surface area contributed by atoms with Crippen molar-refractivity contribution in [1.29, 1.82) is 0 Å². The topological polar surface area (TPSA) is 86.8 Å². The van der Waals surface area contributed by atoms with Crippen LogP contribution in [0.4, 0.5) is 5.69 Å². The second kappa shape index (κ2) is 12.2. The summed E-state index contributed by atoms with van der Waals surface area (Å²) in [6, 6.07) is 13.5. The summed E-state index contributed by atoms with van der Waals surface area (Å²) < 4.78 is 26.4. The van der Waals surface area contributed by atoms with Gasteiger partial charge in [0.15, 0.2) is 0 Å². The first-order valence-corrected chi connectivity index (χ1v) is 13.5. The molecule has 2 aromatic carbocycles. The Labute approximate surface area is 208 Å². The summed E-state index contributed by atoms with van der Waals surface area (Å²) in [5, 5.41) is 3.31. The third-order valence-electron chi connectivity index (χ3n) is 5.45. The third kappa shape index (κ3) is 7.46. The van der Waals surface area contributed by atoms with Crippen molar-refractivity contribution in [2.45, 2.75) is 46.7 Å². The summed E-state index contributed by atoms with van der Waals surface area (Å²) in [4.78, 5) is 28.1. The number of halogens is 1. The van der Waals surface area contributed by atoms with Crippen molar-refractivity contribution >= 4 is 39.1 Å². The van der Waals surface area contributed by atoms with Crippen molar-refractivity contribution in [3.63, 3.8) is 0 Å². The van der Waals surface area contributed by atoms with Gasteiger partial charge in [-0.25, -0.2) is 8.42 Å². The molecular formula is C25H34ClN3O4S. The molecule has 0 saturated carbocycles. The normalized spacial score (nSPS) is 12.3. The molecule has 1 N–H and O–H groups in total. The van der Waals surface area contributed by atoms with E-state index in [1.165, 1.54) is 4.90 Å². The molecule has 0 bridgehead atoms. The lowest BCUT2D eigenvalue weighted by atomic mass is 10.1. The fourth-order valence-electron chi connectivity index (χ4n) is 3.58. The minimum absolute atomic E-state index is 0.180. The lowest BCUT2D eigenvalue weighted by Gasteiger charge is -2.33. The van der Waals surface area contributed by atoms with E-state index in [1.54, 1.807) is 25.1 Å². The molecule has 9 heteroatoms. The number of carbonyl (C=O) groups is 2. The first-order chi connectivity index (χ1) is 16.0. The van der Waals surface area contributed by atoms with E-state index in [4.69, 9.17) is 11.6 Å². The summed E-state index contributed by atoms with van der Waals surface area (Å²) in [7, 11) is -3.81. The van der Waals surface area contributed by atoms with E-state index in [0.29, 0.717) is 29.2 Å². The van der Waals surface area contributed by atoms with Crippen LogP contribution in [-0.4, -0.2) is 50.5 Å². The highest BCUT2D eigenvalue weighted by Gasteiger charge is 2.32. The van der Waals surface area contributed by atoms with Gasteiger partial charge in [-0.2, -0.15) is 0 Å². The number of hydrogen-bond acceptors (Lipinski definition) is 4. The van der Waals surface area contributed by atoms with Crippen molar-refractivity contribution in [2.24, 2.45) is 5.92 Å². The summed E-state index contributed by atoms with van der Waals surface area (Å²) in [5.41, 5.74) is 1.73. The first-order valence-electron chi connectivity index (χ1n) is 11.3. The Morgan fingerprint density at radius 1 is 1.06 bits per heavy atom. The fourth-order valence-corrected chi connectivity index (χ4v) is 4.65. The van der Waals surface area contributed by atoms with Gasteiger partial charge in [-0.3, -0.25) is 13.9 Å². The third-order valence-corrected chi connectivity index (χ3v) is 6.99. The highest BCUT2D eigenvalue weighted by atomic mass is 35.5. The maximum absolute atomic E-state index is 13.6. The fraction of sp³-hybridized carbons (Fsp3) is 0.440. The summed E-state index contributed by atoms with van der Waals surface area (Å²) in [6.07, 6.45) is 1.44. The second-order valence-electron chi connectivity index (χ2n) is 8.72. The molecule has 186 valence electrons. The van der Waals surface area contributed by atoms with Gasteiger partial charge in [-0.1, -0.05) is 68.8 Å². The van der Waals surface area contributed by atoms with Gasteiger partial charge in [-0.15, -0.1) is 0 Å². The van der Waals surface area contributed by atoms with Gasteiger partial charge < -0.3 is 10.2 Å². The lowest BCUT2D eigenvalue weighted by Crippen LogP contribution is -2.52. The van der Waals surface area contributed by atoms with E-state index < -0.39 is 28.5 Å². The van der Waals surface area contributed by atoms with E-state index >= 15 is 0 Å². The molecule has 0 spiro atoms. The molecule has 0 radical (unpaired) electrons. The average Bonchev–Trinajstić information content (AvgIpc) is 2.77. The zero-order valence-corrected chi connectivity index (χ0v) is 22.0. The largest absolute Gasteiger partial charge is 0.354 e. The number of anilines is 1. The van der Waals surface area contributed by atoms with Crippen LogP contribution in [0.3, 0.4) is 0 Å². The molecule has 2 rings (SSSR count). The number of amides is 2. The van der Waals surface area contributed by atoms with Crippen LogP contribution in [-0.2, 0) is 26.2 Å². The molecule has 0 aliphatic rings. The number of hydrogen-bond donors (Lipinski definition) is 1. The van der Waals surface area contributed by atoms with Gasteiger partial charge in [0.1, 0.15) is 12.6 Å². The predicted octanol–water partition coefficient (Wildman–Crippen LogP) is 3.99. The molecule has 2 aromatic rings. The number of carbonyl (C=O) groups excluding carboxylic acids is 2. The van der Waals surface area contributed by atoms with E-state index in [2.05, 4.69) is 5.32 Å². The molecule has 0 aromatic heterocycles. The SMILES string of the molecule is CC[C@@H](C(=O)NCC(C)C)N(Cc1ccccc1)C(=O)CN(c1cccc(Cl)c1C)S(C)(=O)=O.